The molecule has 0 radical (unpaired) electrons. The summed E-state index contributed by atoms with van der Waals surface area (Å²) in [6.07, 6.45) is 0. The molecule has 0 fully saturated rings. The Morgan fingerprint density at radius 1 is 1.60 bits per heavy atom. The highest BCUT2D eigenvalue weighted by Gasteiger charge is 1.93. The summed E-state index contributed by atoms with van der Waals surface area (Å²) in [6.45, 7) is 11.5. The van der Waals surface area contributed by atoms with Crippen LogP contribution in [0.5, 0.6) is 0 Å². The Labute approximate surface area is 66.9 Å². The van der Waals surface area contributed by atoms with E-state index in [1.165, 1.54) is 11.8 Å². The first kappa shape index (κ1) is 9.50. The Bertz CT molecular complexity index is 147. The number of hydrogen-bond donors (Lipinski definition) is 0. The van der Waals surface area contributed by atoms with Gasteiger partial charge in [0.15, 0.2) is 0 Å². The minimum Gasteiger partial charge on any atom is -0.254 e. The third kappa shape index (κ3) is 4.39. The molecule has 0 saturated carbocycles. The van der Waals surface area contributed by atoms with Gasteiger partial charge in [-0.25, -0.2) is 0 Å². The highest BCUT2D eigenvalue weighted by Crippen LogP contribution is 2.08. The zero-order valence-electron chi connectivity index (χ0n) is 6.50. The number of rotatable bonds is 4. The van der Waals surface area contributed by atoms with Gasteiger partial charge in [-0.2, -0.15) is 0 Å². The van der Waals surface area contributed by atoms with Gasteiger partial charge in [-0.1, -0.05) is 38.8 Å². The fourth-order valence-electron chi connectivity index (χ4n) is 0.290. The normalized spacial score (nSPS) is 10.7. The van der Waals surface area contributed by atoms with E-state index in [-0.39, 0.29) is 0 Å². The largest absolute Gasteiger partial charge is 0.254 e. The van der Waals surface area contributed by atoms with Crippen molar-refractivity contribution in [2.24, 2.45) is 10.9 Å². The summed E-state index contributed by atoms with van der Waals surface area (Å²) in [4.78, 5) is 4.09. The lowest BCUT2D eigenvalue weighted by atomic mass is 10.2. The standard InChI is InChI=1S/C8H13NS/c1-5-10-6-9-8(4)7(2)3/h5-7H,1,4H2,2-3H3/b9-6-. The zero-order chi connectivity index (χ0) is 7.98. The SMILES string of the molecule is C=CS/C=N\C(=C)C(C)C. The molecule has 2 heteroatoms. The van der Waals surface area contributed by atoms with Crippen LogP contribution in [-0.2, 0) is 0 Å². The fourth-order valence-corrected chi connectivity index (χ4v) is 0.573. The van der Waals surface area contributed by atoms with Crippen molar-refractivity contribution < 1.29 is 0 Å². The van der Waals surface area contributed by atoms with Gasteiger partial charge in [0.1, 0.15) is 0 Å². The fraction of sp³-hybridized carbons (Fsp3) is 0.375. The molecule has 0 heterocycles. The first-order valence-corrected chi connectivity index (χ1v) is 4.10. The summed E-state index contributed by atoms with van der Waals surface area (Å²) in [6, 6.07) is 0. The lowest BCUT2D eigenvalue weighted by molar-refractivity contribution is 0.764. The molecule has 0 aromatic heterocycles. The molecule has 10 heavy (non-hydrogen) atoms. The van der Waals surface area contributed by atoms with Crippen LogP contribution in [0, 0.1) is 5.92 Å². The number of hydrogen-bond acceptors (Lipinski definition) is 2. The van der Waals surface area contributed by atoms with Crippen molar-refractivity contribution in [2.75, 3.05) is 0 Å². The number of thioether (sulfide) groups is 1. The molecule has 0 saturated heterocycles. The molecule has 0 spiro atoms. The minimum atomic E-state index is 0.432. The molecule has 0 N–H and O–H groups in total. The highest BCUT2D eigenvalue weighted by molar-refractivity contribution is 8.14. The van der Waals surface area contributed by atoms with Crippen molar-refractivity contribution >= 4 is 17.3 Å². The lowest BCUT2D eigenvalue weighted by Gasteiger charge is -2.00. The van der Waals surface area contributed by atoms with E-state index in [9.17, 15) is 0 Å². The van der Waals surface area contributed by atoms with Crippen molar-refractivity contribution in [3.63, 3.8) is 0 Å². The first-order chi connectivity index (χ1) is 4.68. The van der Waals surface area contributed by atoms with Crippen LogP contribution in [0.2, 0.25) is 0 Å². The molecular weight excluding hydrogens is 142 g/mol. The molecule has 0 unspecified atom stereocenters. The first-order valence-electron chi connectivity index (χ1n) is 3.16. The Morgan fingerprint density at radius 2 is 2.20 bits per heavy atom. The summed E-state index contributed by atoms with van der Waals surface area (Å²) < 4.78 is 0. The maximum atomic E-state index is 4.09. The monoisotopic (exact) mass is 155 g/mol. The van der Waals surface area contributed by atoms with Crippen molar-refractivity contribution in [1.29, 1.82) is 0 Å². The van der Waals surface area contributed by atoms with Crippen LogP contribution in [0.25, 0.3) is 0 Å². The predicted molar refractivity (Wildman–Crippen MR) is 50.3 cm³/mol. The van der Waals surface area contributed by atoms with Crippen LogP contribution in [0.15, 0.2) is 29.3 Å². The predicted octanol–water partition coefficient (Wildman–Crippen LogP) is 3.06. The maximum Gasteiger partial charge on any atom is 0.0641 e. The van der Waals surface area contributed by atoms with Crippen molar-refractivity contribution in [3.05, 3.63) is 24.3 Å². The van der Waals surface area contributed by atoms with E-state index < -0.39 is 0 Å². The third-order valence-electron chi connectivity index (χ3n) is 1.04. The average molecular weight is 155 g/mol. The van der Waals surface area contributed by atoms with Crippen molar-refractivity contribution in [3.8, 4) is 0 Å². The second-order valence-corrected chi connectivity index (χ2v) is 3.00. The summed E-state index contributed by atoms with van der Waals surface area (Å²) >= 11 is 1.47. The Kier molecular flexibility index (Phi) is 5.03. The molecule has 1 nitrogen and oxygen atoms in total. The average Bonchev–Trinajstić information content (AvgIpc) is 1.88. The van der Waals surface area contributed by atoms with Gasteiger partial charge in [0.2, 0.25) is 0 Å². The number of nitrogens with zero attached hydrogens (tertiary/aromatic N) is 1. The van der Waals surface area contributed by atoms with Gasteiger partial charge < -0.3 is 0 Å². The van der Waals surface area contributed by atoms with Crippen LogP contribution < -0.4 is 0 Å². The van der Waals surface area contributed by atoms with Crippen LogP contribution in [0.4, 0.5) is 0 Å². The van der Waals surface area contributed by atoms with Gasteiger partial charge >= 0.3 is 0 Å². The third-order valence-corrected chi connectivity index (χ3v) is 1.46. The topological polar surface area (TPSA) is 12.4 Å². The lowest BCUT2D eigenvalue weighted by Crippen LogP contribution is -1.87. The van der Waals surface area contributed by atoms with E-state index in [4.69, 9.17) is 0 Å². The molecular formula is C8H13NS. The summed E-state index contributed by atoms with van der Waals surface area (Å²) in [5, 5.41) is 1.73. The van der Waals surface area contributed by atoms with Gasteiger partial charge in [-0.05, 0) is 11.3 Å². The van der Waals surface area contributed by atoms with Gasteiger partial charge in [-0.15, -0.1) is 0 Å². The molecule has 0 aromatic rings. The molecule has 0 rings (SSSR count). The van der Waals surface area contributed by atoms with Crippen LogP contribution >= 0.6 is 11.8 Å². The minimum absolute atomic E-state index is 0.432. The Hall–Kier alpha value is -0.500. The van der Waals surface area contributed by atoms with E-state index in [1.807, 2.05) is 0 Å². The summed E-state index contributed by atoms with van der Waals surface area (Å²) in [5.74, 6) is 0.432. The van der Waals surface area contributed by atoms with Gasteiger partial charge in [0, 0.05) is 5.70 Å². The number of allylic oxidation sites excluding steroid dienone is 1. The van der Waals surface area contributed by atoms with Crippen LogP contribution in [0.1, 0.15) is 13.8 Å². The molecule has 0 aliphatic carbocycles. The van der Waals surface area contributed by atoms with E-state index in [0.29, 0.717) is 5.92 Å². The molecule has 0 amide bonds. The Balaban J connectivity index is 3.66. The Morgan fingerprint density at radius 3 is 2.60 bits per heavy atom. The van der Waals surface area contributed by atoms with Crippen molar-refractivity contribution in [1.82, 2.24) is 0 Å². The molecule has 56 valence electrons. The zero-order valence-corrected chi connectivity index (χ0v) is 7.32. The van der Waals surface area contributed by atoms with Crippen LogP contribution in [-0.4, -0.2) is 5.55 Å². The van der Waals surface area contributed by atoms with Crippen LogP contribution in [0.3, 0.4) is 0 Å². The van der Waals surface area contributed by atoms with Gasteiger partial charge in [-0.3, -0.25) is 4.99 Å². The number of aliphatic imine (C=N–C) groups is 1. The summed E-state index contributed by atoms with van der Waals surface area (Å²) in [7, 11) is 0. The molecule has 0 atom stereocenters. The second kappa shape index (κ2) is 5.30. The smallest absolute Gasteiger partial charge is 0.0641 e. The van der Waals surface area contributed by atoms with Gasteiger partial charge in [0.05, 0.1) is 5.55 Å². The maximum absolute atomic E-state index is 4.09. The second-order valence-electron chi connectivity index (χ2n) is 2.18. The van der Waals surface area contributed by atoms with E-state index in [1.54, 1.807) is 11.0 Å². The molecule has 0 bridgehead atoms. The molecule has 0 aromatic carbocycles. The van der Waals surface area contributed by atoms with Crippen molar-refractivity contribution in [2.45, 2.75) is 13.8 Å². The van der Waals surface area contributed by atoms with E-state index in [0.717, 1.165) is 5.70 Å². The quantitative estimate of drug-likeness (QED) is 0.449. The molecule has 0 aliphatic heterocycles. The van der Waals surface area contributed by atoms with E-state index in [2.05, 4.69) is 32.0 Å². The van der Waals surface area contributed by atoms with E-state index >= 15 is 0 Å². The summed E-state index contributed by atoms with van der Waals surface area (Å²) in [5.41, 5.74) is 2.66. The van der Waals surface area contributed by atoms with Gasteiger partial charge in [0.25, 0.3) is 0 Å². The molecule has 0 aliphatic rings. The highest BCUT2D eigenvalue weighted by atomic mass is 32.2.